The first-order valence-corrected chi connectivity index (χ1v) is 7.43. The van der Waals surface area contributed by atoms with Crippen LogP contribution in [0.15, 0.2) is 0 Å². The van der Waals surface area contributed by atoms with Crippen molar-refractivity contribution in [3.63, 3.8) is 0 Å². The average Bonchev–Trinajstić information content (AvgIpc) is 2.24. The zero-order valence-corrected chi connectivity index (χ0v) is 12.7. The molecule has 0 aromatic rings. The van der Waals surface area contributed by atoms with Crippen LogP contribution in [-0.2, 0) is 4.79 Å². The summed E-state index contributed by atoms with van der Waals surface area (Å²) in [7, 11) is 0. The fourth-order valence-corrected chi connectivity index (χ4v) is 3.17. The van der Waals surface area contributed by atoms with E-state index in [0.717, 1.165) is 38.0 Å². The van der Waals surface area contributed by atoms with Crippen molar-refractivity contribution in [1.82, 2.24) is 0 Å². The monoisotopic (exact) mass is 254 g/mol. The molecule has 1 aliphatic carbocycles. The Hall–Kier alpha value is -0.530. The van der Waals surface area contributed by atoms with Gasteiger partial charge in [0.2, 0.25) is 0 Å². The van der Waals surface area contributed by atoms with Crippen molar-refractivity contribution >= 4 is 5.97 Å². The zero-order chi connectivity index (χ0) is 13.9. The first-order valence-electron chi connectivity index (χ1n) is 7.43. The van der Waals surface area contributed by atoms with Gasteiger partial charge < -0.3 is 5.11 Å². The number of carbonyl (C=O) groups is 1. The van der Waals surface area contributed by atoms with Crippen molar-refractivity contribution in [1.29, 1.82) is 0 Å². The highest BCUT2D eigenvalue weighted by molar-refractivity contribution is 5.70. The maximum atomic E-state index is 11.4. The molecule has 0 bridgehead atoms. The third-order valence-corrected chi connectivity index (χ3v) is 4.55. The Balaban J connectivity index is 2.63. The summed E-state index contributed by atoms with van der Waals surface area (Å²) in [5.74, 6) is 1.14. The van der Waals surface area contributed by atoms with Gasteiger partial charge in [-0.15, -0.1) is 0 Å². The van der Waals surface area contributed by atoms with Gasteiger partial charge in [-0.2, -0.15) is 0 Å². The minimum Gasteiger partial charge on any atom is -0.481 e. The number of carboxylic acids is 1. The molecule has 0 saturated heterocycles. The Kier molecular flexibility index (Phi) is 5.24. The Morgan fingerprint density at radius 1 is 1.28 bits per heavy atom. The topological polar surface area (TPSA) is 37.3 Å². The molecule has 2 nitrogen and oxygen atoms in total. The van der Waals surface area contributed by atoms with E-state index >= 15 is 0 Å². The van der Waals surface area contributed by atoms with Crippen LogP contribution in [-0.4, -0.2) is 11.1 Å². The van der Waals surface area contributed by atoms with Gasteiger partial charge in [0.05, 0.1) is 5.92 Å². The maximum absolute atomic E-state index is 11.4. The predicted molar refractivity (Wildman–Crippen MR) is 75.5 cm³/mol. The molecule has 0 amide bonds. The molecule has 0 aromatic carbocycles. The molecule has 0 radical (unpaired) electrons. The molecular weight excluding hydrogens is 224 g/mol. The highest BCUT2D eigenvalue weighted by atomic mass is 16.4. The molecule has 106 valence electrons. The van der Waals surface area contributed by atoms with Gasteiger partial charge in [-0.05, 0) is 55.3 Å². The van der Waals surface area contributed by atoms with Gasteiger partial charge in [-0.3, -0.25) is 4.79 Å². The number of carboxylic acid groups (broad SMARTS) is 1. The van der Waals surface area contributed by atoms with E-state index in [0.29, 0.717) is 17.3 Å². The molecule has 0 aromatic heterocycles. The van der Waals surface area contributed by atoms with Crippen LogP contribution >= 0.6 is 0 Å². The van der Waals surface area contributed by atoms with Gasteiger partial charge in [0, 0.05) is 0 Å². The molecule has 3 unspecified atom stereocenters. The molecule has 0 heterocycles. The number of hydrogen-bond donors (Lipinski definition) is 1. The van der Waals surface area contributed by atoms with E-state index in [1.807, 2.05) is 0 Å². The smallest absolute Gasteiger partial charge is 0.306 e. The van der Waals surface area contributed by atoms with Crippen LogP contribution in [0.1, 0.15) is 66.7 Å². The molecule has 1 fully saturated rings. The molecule has 18 heavy (non-hydrogen) atoms. The van der Waals surface area contributed by atoms with Crippen LogP contribution in [0, 0.1) is 29.1 Å². The Morgan fingerprint density at radius 3 is 2.33 bits per heavy atom. The van der Waals surface area contributed by atoms with Crippen molar-refractivity contribution in [2.45, 2.75) is 66.7 Å². The molecule has 3 atom stereocenters. The SMILES string of the molecule is CC(C)C1CCC(C(=O)O)C(CCC(C)(C)C)C1. The van der Waals surface area contributed by atoms with Gasteiger partial charge >= 0.3 is 5.97 Å². The van der Waals surface area contributed by atoms with E-state index < -0.39 is 5.97 Å². The summed E-state index contributed by atoms with van der Waals surface area (Å²) < 4.78 is 0. The second-order valence-electron chi connectivity index (χ2n) is 7.62. The van der Waals surface area contributed by atoms with E-state index in [-0.39, 0.29) is 5.92 Å². The second-order valence-corrected chi connectivity index (χ2v) is 7.62. The highest BCUT2D eigenvalue weighted by Gasteiger charge is 2.36. The van der Waals surface area contributed by atoms with Gasteiger partial charge in [-0.1, -0.05) is 34.6 Å². The normalized spacial score (nSPS) is 29.6. The van der Waals surface area contributed by atoms with E-state index in [9.17, 15) is 9.90 Å². The minimum absolute atomic E-state index is 0.0950. The predicted octanol–water partition coefficient (Wildman–Crippen LogP) is 4.59. The molecule has 0 spiro atoms. The highest BCUT2D eigenvalue weighted by Crippen LogP contribution is 2.41. The lowest BCUT2D eigenvalue weighted by Gasteiger charge is -2.37. The van der Waals surface area contributed by atoms with E-state index in [1.165, 1.54) is 0 Å². The van der Waals surface area contributed by atoms with Gasteiger partial charge in [0.15, 0.2) is 0 Å². The Bertz CT molecular complexity index is 275. The van der Waals surface area contributed by atoms with Crippen LogP contribution in [0.5, 0.6) is 0 Å². The van der Waals surface area contributed by atoms with E-state index in [1.54, 1.807) is 0 Å². The Labute approximate surface area is 112 Å². The van der Waals surface area contributed by atoms with Crippen molar-refractivity contribution in [2.75, 3.05) is 0 Å². The fraction of sp³-hybridized carbons (Fsp3) is 0.938. The van der Waals surface area contributed by atoms with Crippen LogP contribution in [0.3, 0.4) is 0 Å². The summed E-state index contributed by atoms with van der Waals surface area (Å²) in [5.41, 5.74) is 0.313. The van der Waals surface area contributed by atoms with Gasteiger partial charge in [0.25, 0.3) is 0 Å². The standard InChI is InChI=1S/C16H30O2/c1-11(2)12-6-7-14(15(17)18)13(10-12)8-9-16(3,4)5/h11-14H,6-10H2,1-5H3,(H,17,18). The summed E-state index contributed by atoms with van der Waals surface area (Å²) in [6.45, 7) is 11.3. The van der Waals surface area contributed by atoms with E-state index in [2.05, 4.69) is 34.6 Å². The van der Waals surface area contributed by atoms with Crippen LogP contribution in [0.4, 0.5) is 0 Å². The molecule has 2 heteroatoms. The third kappa shape index (κ3) is 4.62. The van der Waals surface area contributed by atoms with Crippen molar-refractivity contribution in [3.05, 3.63) is 0 Å². The third-order valence-electron chi connectivity index (χ3n) is 4.55. The minimum atomic E-state index is -0.573. The van der Waals surface area contributed by atoms with Crippen LogP contribution in [0.2, 0.25) is 0 Å². The van der Waals surface area contributed by atoms with Gasteiger partial charge in [0.1, 0.15) is 0 Å². The summed E-state index contributed by atoms with van der Waals surface area (Å²) in [6.07, 6.45) is 5.30. The van der Waals surface area contributed by atoms with E-state index in [4.69, 9.17) is 0 Å². The van der Waals surface area contributed by atoms with Gasteiger partial charge in [-0.25, -0.2) is 0 Å². The first-order chi connectivity index (χ1) is 8.20. The number of hydrogen-bond acceptors (Lipinski definition) is 1. The molecule has 1 aliphatic rings. The molecular formula is C16H30O2. The summed E-state index contributed by atoms with van der Waals surface area (Å²) >= 11 is 0. The van der Waals surface area contributed by atoms with Crippen LogP contribution in [0.25, 0.3) is 0 Å². The number of rotatable bonds is 4. The lowest BCUT2D eigenvalue weighted by molar-refractivity contribution is -0.145. The van der Waals surface area contributed by atoms with Crippen LogP contribution < -0.4 is 0 Å². The van der Waals surface area contributed by atoms with Crippen molar-refractivity contribution < 1.29 is 9.90 Å². The largest absolute Gasteiger partial charge is 0.481 e. The molecule has 1 saturated carbocycles. The molecule has 0 aliphatic heterocycles. The van der Waals surface area contributed by atoms with Crippen molar-refractivity contribution in [2.24, 2.45) is 29.1 Å². The van der Waals surface area contributed by atoms with Crippen molar-refractivity contribution in [3.8, 4) is 0 Å². The summed E-state index contributed by atoms with van der Waals surface area (Å²) in [4.78, 5) is 11.4. The lowest BCUT2D eigenvalue weighted by Crippen LogP contribution is -2.33. The number of aliphatic carboxylic acids is 1. The average molecular weight is 254 g/mol. The molecule has 1 N–H and O–H groups in total. The first kappa shape index (κ1) is 15.5. The maximum Gasteiger partial charge on any atom is 0.306 e. The summed E-state index contributed by atoms with van der Waals surface area (Å²) in [6, 6.07) is 0. The zero-order valence-electron chi connectivity index (χ0n) is 12.7. The quantitative estimate of drug-likeness (QED) is 0.797. The molecule has 1 rings (SSSR count). The summed E-state index contributed by atoms with van der Waals surface area (Å²) in [5, 5.41) is 9.36. The second kappa shape index (κ2) is 6.08. The Morgan fingerprint density at radius 2 is 1.89 bits per heavy atom. The fourth-order valence-electron chi connectivity index (χ4n) is 3.17. The lowest BCUT2D eigenvalue weighted by atomic mass is 9.68.